The molecule has 14 heavy (non-hydrogen) atoms. The molecule has 9 heteroatoms. The van der Waals surface area contributed by atoms with E-state index in [-0.39, 0.29) is 0 Å². The maximum atomic E-state index is 12.1. The Hall–Kier alpha value is -1.80. The largest absolute Gasteiger partial charge is 0.436 e. The molecule has 0 fully saturated rings. The van der Waals surface area contributed by atoms with E-state index in [9.17, 15) is 28.1 Å². The second-order valence-electron chi connectivity index (χ2n) is 2.28. The molecule has 0 N–H and O–H groups in total. The lowest BCUT2D eigenvalue weighted by molar-refractivity contribution is -0.490. The summed E-state index contributed by atoms with van der Waals surface area (Å²) in [5.41, 5.74) is -1.75. The summed E-state index contributed by atoms with van der Waals surface area (Å²) in [5, 5.41) is 10.2. The molecule has 1 heterocycles. The van der Waals surface area contributed by atoms with Crippen LogP contribution in [0.3, 0.4) is 0 Å². The third-order valence-corrected chi connectivity index (χ3v) is 1.38. The molecule has 0 aliphatic carbocycles. The van der Waals surface area contributed by atoms with Crippen molar-refractivity contribution < 1.29 is 22.9 Å². The zero-order valence-corrected chi connectivity index (χ0v) is 6.35. The second kappa shape index (κ2) is 3.16. The number of nitro groups is 1. The van der Waals surface area contributed by atoms with Crippen molar-refractivity contribution in [2.45, 2.75) is 12.2 Å². The normalized spacial score (nSPS) is 22.1. The molecule has 0 saturated heterocycles. The highest BCUT2D eigenvalue weighted by Gasteiger charge is 2.51. The van der Waals surface area contributed by atoms with E-state index in [0.29, 0.717) is 6.34 Å². The van der Waals surface area contributed by atoms with Gasteiger partial charge in [0, 0.05) is 4.92 Å². The lowest BCUT2D eigenvalue weighted by atomic mass is 10.1. The van der Waals surface area contributed by atoms with E-state index in [4.69, 9.17) is 0 Å². The first-order chi connectivity index (χ1) is 6.34. The topological polar surface area (TPSA) is 84.9 Å². The van der Waals surface area contributed by atoms with Crippen LogP contribution in [0.2, 0.25) is 0 Å². The summed E-state index contributed by atoms with van der Waals surface area (Å²) < 4.78 is 36.2. The van der Waals surface area contributed by atoms with Gasteiger partial charge in [0.1, 0.15) is 6.34 Å². The zero-order valence-electron chi connectivity index (χ0n) is 6.35. The van der Waals surface area contributed by atoms with Crippen LogP contribution < -0.4 is 0 Å². The van der Waals surface area contributed by atoms with E-state index in [1.807, 2.05) is 0 Å². The smallest absolute Gasteiger partial charge is 0.264 e. The number of amides is 1. The Morgan fingerprint density at radius 3 is 2.43 bits per heavy atom. The van der Waals surface area contributed by atoms with E-state index < -0.39 is 28.8 Å². The molecule has 0 saturated carbocycles. The van der Waals surface area contributed by atoms with Gasteiger partial charge in [0.25, 0.3) is 0 Å². The van der Waals surface area contributed by atoms with Gasteiger partial charge in [-0.2, -0.15) is 18.2 Å². The summed E-state index contributed by atoms with van der Waals surface area (Å²) in [7, 11) is 0. The summed E-state index contributed by atoms with van der Waals surface area (Å²) in [4.78, 5) is 24.9. The lowest BCUT2D eigenvalue weighted by Crippen LogP contribution is -2.46. The van der Waals surface area contributed by atoms with Crippen molar-refractivity contribution >= 4 is 18.0 Å². The molecule has 0 radical (unpaired) electrons. The summed E-state index contributed by atoms with van der Waals surface area (Å²) in [6.07, 6.45) is -4.65. The van der Waals surface area contributed by atoms with Crippen LogP contribution in [0.25, 0.3) is 0 Å². The monoisotopic (exact) mass is 209 g/mol. The third kappa shape index (κ3) is 1.75. The van der Waals surface area contributed by atoms with Crippen LogP contribution in [-0.4, -0.2) is 35.1 Å². The van der Waals surface area contributed by atoms with E-state index in [0.717, 1.165) is 0 Å². The Bertz CT molecular complexity index is 346. The number of hydrogen-bond donors (Lipinski definition) is 0. The van der Waals surface area contributed by atoms with E-state index >= 15 is 0 Å². The van der Waals surface area contributed by atoms with Gasteiger partial charge in [0.15, 0.2) is 0 Å². The molecule has 1 unspecified atom stereocenters. The summed E-state index contributed by atoms with van der Waals surface area (Å²) in [5.74, 6) is -1.47. The highest BCUT2D eigenvalue weighted by atomic mass is 19.4. The quantitative estimate of drug-likeness (QED) is 0.456. The predicted octanol–water partition coefficient (Wildman–Crippen LogP) is 0.204. The molecular weight excluding hydrogens is 207 g/mol. The van der Waals surface area contributed by atoms with E-state index in [1.165, 1.54) is 0 Å². The maximum absolute atomic E-state index is 12.1. The fourth-order valence-corrected chi connectivity index (χ4v) is 0.824. The minimum atomic E-state index is -5.00. The number of alkyl halides is 3. The second-order valence-corrected chi connectivity index (χ2v) is 2.28. The predicted molar refractivity (Wildman–Crippen MR) is 37.8 cm³/mol. The number of rotatable bonds is 1. The Morgan fingerprint density at radius 1 is 1.50 bits per heavy atom. The van der Waals surface area contributed by atoms with Crippen molar-refractivity contribution in [1.82, 2.24) is 0 Å². The standard InChI is InChI=1S/C5H2F3N3O3/c6-5(7,8)3-2(11(13)14)4(12)10-1-9-3/h1-2H. The number of hydrogen-bond acceptors (Lipinski definition) is 4. The number of carbonyl (C=O) groups is 1. The van der Waals surface area contributed by atoms with Gasteiger partial charge in [-0.05, 0) is 0 Å². The molecule has 1 aliphatic rings. The lowest BCUT2D eigenvalue weighted by Gasteiger charge is -2.13. The van der Waals surface area contributed by atoms with Gasteiger partial charge in [0.2, 0.25) is 5.71 Å². The first kappa shape index (κ1) is 10.3. The van der Waals surface area contributed by atoms with Crippen LogP contribution in [-0.2, 0) is 4.79 Å². The first-order valence-electron chi connectivity index (χ1n) is 3.19. The Labute approximate surface area is 74.3 Å². The van der Waals surface area contributed by atoms with Gasteiger partial charge >= 0.3 is 18.1 Å². The molecule has 0 aromatic rings. The average Bonchev–Trinajstić information content (AvgIpc) is 2.01. The minimum absolute atomic E-state index is 0.352. The Balaban J connectivity index is 3.14. The number of carbonyl (C=O) groups excluding carboxylic acids is 1. The van der Waals surface area contributed by atoms with Crippen LogP contribution in [0, 0.1) is 10.1 Å². The third-order valence-electron chi connectivity index (χ3n) is 1.38. The SMILES string of the molecule is O=C1N=CN=C(C(F)(F)F)C1[N+](=O)[O-]. The molecule has 0 spiro atoms. The van der Waals surface area contributed by atoms with Crippen LogP contribution in [0.15, 0.2) is 9.98 Å². The fraction of sp³-hybridized carbons (Fsp3) is 0.400. The summed E-state index contributed by atoms with van der Waals surface area (Å²) in [6, 6.07) is -2.54. The molecule has 76 valence electrons. The minimum Gasteiger partial charge on any atom is -0.264 e. The number of nitrogens with zero attached hydrogens (tertiary/aromatic N) is 3. The van der Waals surface area contributed by atoms with Gasteiger partial charge in [-0.3, -0.25) is 14.9 Å². The van der Waals surface area contributed by atoms with Gasteiger partial charge < -0.3 is 0 Å². The van der Waals surface area contributed by atoms with E-state index in [1.54, 1.807) is 0 Å². The fourth-order valence-electron chi connectivity index (χ4n) is 0.824. The molecule has 1 rings (SSSR count). The van der Waals surface area contributed by atoms with Crippen molar-refractivity contribution in [2.24, 2.45) is 9.98 Å². The number of halogens is 3. The van der Waals surface area contributed by atoms with Crippen molar-refractivity contribution in [3.63, 3.8) is 0 Å². The van der Waals surface area contributed by atoms with Crippen molar-refractivity contribution in [2.75, 3.05) is 0 Å². The van der Waals surface area contributed by atoms with Crippen LogP contribution >= 0.6 is 0 Å². The Kier molecular flexibility index (Phi) is 2.32. The van der Waals surface area contributed by atoms with Crippen LogP contribution in [0.4, 0.5) is 13.2 Å². The molecule has 1 amide bonds. The molecular formula is C5H2F3N3O3. The van der Waals surface area contributed by atoms with Gasteiger partial charge in [-0.25, -0.2) is 4.99 Å². The molecule has 1 atom stereocenters. The van der Waals surface area contributed by atoms with E-state index in [2.05, 4.69) is 9.98 Å². The average molecular weight is 209 g/mol. The van der Waals surface area contributed by atoms with Gasteiger partial charge in [-0.15, -0.1) is 0 Å². The summed E-state index contributed by atoms with van der Waals surface area (Å²) >= 11 is 0. The molecule has 0 bridgehead atoms. The van der Waals surface area contributed by atoms with Crippen molar-refractivity contribution in [1.29, 1.82) is 0 Å². The highest BCUT2D eigenvalue weighted by Crippen LogP contribution is 2.22. The van der Waals surface area contributed by atoms with Crippen molar-refractivity contribution in [3.8, 4) is 0 Å². The molecule has 6 nitrogen and oxygen atoms in total. The maximum Gasteiger partial charge on any atom is 0.436 e. The van der Waals surface area contributed by atoms with Crippen molar-refractivity contribution in [3.05, 3.63) is 10.1 Å². The van der Waals surface area contributed by atoms with Gasteiger partial charge in [-0.1, -0.05) is 0 Å². The molecule has 0 aromatic carbocycles. The van der Waals surface area contributed by atoms with Gasteiger partial charge in [0.05, 0.1) is 0 Å². The van der Waals surface area contributed by atoms with Crippen LogP contribution in [0.5, 0.6) is 0 Å². The summed E-state index contributed by atoms with van der Waals surface area (Å²) in [6.45, 7) is 0. The molecule has 0 aromatic heterocycles. The molecule has 1 aliphatic heterocycles. The Morgan fingerprint density at radius 2 is 2.07 bits per heavy atom. The first-order valence-corrected chi connectivity index (χ1v) is 3.19. The van der Waals surface area contributed by atoms with Crippen LogP contribution in [0.1, 0.15) is 0 Å². The number of aliphatic imine (C=N–C) groups is 2. The zero-order chi connectivity index (χ0) is 10.9. The highest BCUT2D eigenvalue weighted by molar-refractivity contribution is 6.15.